The standard InChI is InChI=1S/C14H20N2O3.ClH/c1-3-16(14(17)6-10(2)15)8-11-4-5-12-13(7-11)19-9-18-12;/h4-5,7,10H,3,6,8-9,15H2,1-2H3;1H. The molecule has 6 heteroatoms. The van der Waals surface area contributed by atoms with Crippen LogP contribution in [0, 0.1) is 0 Å². The van der Waals surface area contributed by atoms with Crippen LogP contribution in [-0.4, -0.2) is 30.2 Å². The summed E-state index contributed by atoms with van der Waals surface area (Å²) in [6, 6.07) is 5.64. The molecule has 2 N–H and O–H groups in total. The van der Waals surface area contributed by atoms with Crippen LogP contribution in [0.4, 0.5) is 0 Å². The van der Waals surface area contributed by atoms with Crippen LogP contribution in [-0.2, 0) is 11.3 Å². The van der Waals surface area contributed by atoms with Crippen molar-refractivity contribution in [1.82, 2.24) is 4.90 Å². The first-order valence-electron chi connectivity index (χ1n) is 6.52. The lowest BCUT2D eigenvalue weighted by molar-refractivity contribution is -0.131. The summed E-state index contributed by atoms with van der Waals surface area (Å²) in [6.45, 7) is 5.30. The fraction of sp³-hybridized carbons (Fsp3) is 0.500. The predicted octanol–water partition coefficient (Wildman–Crippen LogP) is 1.92. The molecule has 0 aromatic heterocycles. The fourth-order valence-electron chi connectivity index (χ4n) is 2.04. The van der Waals surface area contributed by atoms with Crippen LogP contribution >= 0.6 is 12.4 Å². The van der Waals surface area contributed by atoms with Gasteiger partial charge < -0.3 is 20.1 Å². The summed E-state index contributed by atoms with van der Waals surface area (Å²) in [6.07, 6.45) is 0.373. The molecule has 0 saturated carbocycles. The summed E-state index contributed by atoms with van der Waals surface area (Å²) in [7, 11) is 0. The second-order valence-electron chi connectivity index (χ2n) is 4.78. The fourth-order valence-corrected chi connectivity index (χ4v) is 2.04. The van der Waals surface area contributed by atoms with E-state index in [2.05, 4.69) is 0 Å². The number of carbonyl (C=O) groups excluding carboxylic acids is 1. The Labute approximate surface area is 125 Å². The number of rotatable bonds is 5. The number of amides is 1. The summed E-state index contributed by atoms with van der Waals surface area (Å²) >= 11 is 0. The van der Waals surface area contributed by atoms with Crippen molar-refractivity contribution in [2.24, 2.45) is 5.73 Å². The van der Waals surface area contributed by atoms with Gasteiger partial charge in [-0.3, -0.25) is 4.79 Å². The predicted molar refractivity (Wildman–Crippen MR) is 79.2 cm³/mol. The minimum atomic E-state index is -0.113. The summed E-state index contributed by atoms with van der Waals surface area (Å²) in [5.41, 5.74) is 6.70. The highest BCUT2D eigenvalue weighted by atomic mass is 35.5. The molecular formula is C14H21ClN2O3. The van der Waals surface area contributed by atoms with Gasteiger partial charge in [-0.25, -0.2) is 0 Å². The summed E-state index contributed by atoms with van der Waals surface area (Å²) in [4.78, 5) is 13.8. The SMILES string of the molecule is CCN(Cc1ccc2c(c1)OCO2)C(=O)CC(C)N.Cl. The molecule has 1 unspecified atom stereocenters. The Morgan fingerprint density at radius 2 is 2.10 bits per heavy atom. The molecule has 1 atom stereocenters. The average molecular weight is 301 g/mol. The molecule has 1 aliphatic heterocycles. The molecule has 0 fully saturated rings. The van der Waals surface area contributed by atoms with Gasteiger partial charge in [-0.2, -0.15) is 0 Å². The van der Waals surface area contributed by atoms with E-state index in [1.165, 1.54) is 0 Å². The van der Waals surface area contributed by atoms with Gasteiger partial charge in [0.1, 0.15) is 0 Å². The Balaban J connectivity index is 0.00000200. The van der Waals surface area contributed by atoms with Crippen molar-refractivity contribution < 1.29 is 14.3 Å². The maximum Gasteiger partial charge on any atom is 0.231 e. The van der Waals surface area contributed by atoms with E-state index in [9.17, 15) is 4.79 Å². The van der Waals surface area contributed by atoms with E-state index in [0.717, 1.165) is 17.1 Å². The van der Waals surface area contributed by atoms with Crippen molar-refractivity contribution in [3.05, 3.63) is 23.8 Å². The lowest BCUT2D eigenvalue weighted by Gasteiger charge is -2.22. The van der Waals surface area contributed by atoms with E-state index < -0.39 is 0 Å². The number of nitrogens with two attached hydrogens (primary N) is 1. The second kappa shape index (κ2) is 7.36. The van der Waals surface area contributed by atoms with E-state index >= 15 is 0 Å². The van der Waals surface area contributed by atoms with Crippen LogP contribution in [0.25, 0.3) is 0 Å². The summed E-state index contributed by atoms with van der Waals surface area (Å²) in [5, 5.41) is 0. The van der Waals surface area contributed by atoms with Gasteiger partial charge >= 0.3 is 0 Å². The third-order valence-electron chi connectivity index (χ3n) is 3.04. The molecule has 1 aromatic rings. The molecule has 1 heterocycles. The number of nitrogens with zero attached hydrogens (tertiary/aromatic N) is 1. The first-order valence-corrected chi connectivity index (χ1v) is 6.52. The molecule has 5 nitrogen and oxygen atoms in total. The Hall–Kier alpha value is -1.46. The molecule has 0 aliphatic carbocycles. The molecular weight excluding hydrogens is 280 g/mol. The van der Waals surface area contributed by atoms with Gasteiger partial charge in [0.25, 0.3) is 0 Å². The molecule has 1 aromatic carbocycles. The van der Waals surface area contributed by atoms with Crippen molar-refractivity contribution >= 4 is 18.3 Å². The molecule has 1 amide bonds. The molecule has 112 valence electrons. The maximum atomic E-state index is 12.0. The zero-order valence-electron chi connectivity index (χ0n) is 11.8. The lowest BCUT2D eigenvalue weighted by atomic mass is 10.1. The highest BCUT2D eigenvalue weighted by Gasteiger charge is 2.17. The van der Waals surface area contributed by atoms with E-state index in [4.69, 9.17) is 15.2 Å². The number of benzene rings is 1. The number of fused-ring (bicyclic) bond motifs is 1. The number of ether oxygens (including phenoxy) is 2. The van der Waals surface area contributed by atoms with Gasteiger partial charge in [0.2, 0.25) is 12.7 Å². The van der Waals surface area contributed by atoms with E-state index in [-0.39, 0.29) is 31.1 Å². The smallest absolute Gasteiger partial charge is 0.231 e. The van der Waals surface area contributed by atoms with Gasteiger partial charge in [-0.15, -0.1) is 12.4 Å². The summed E-state index contributed by atoms with van der Waals surface area (Å²) < 4.78 is 10.6. The molecule has 1 aliphatic rings. The van der Waals surface area contributed by atoms with Crippen LogP contribution < -0.4 is 15.2 Å². The minimum absolute atomic E-state index is 0. The first-order chi connectivity index (χ1) is 9.10. The maximum absolute atomic E-state index is 12.0. The van der Waals surface area contributed by atoms with E-state index in [1.807, 2.05) is 32.0 Å². The highest BCUT2D eigenvalue weighted by molar-refractivity contribution is 5.85. The number of halogens is 1. The van der Waals surface area contributed by atoms with Gasteiger partial charge in [0.05, 0.1) is 0 Å². The molecule has 20 heavy (non-hydrogen) atoms. The van der Waals surface area contributed by atoms with Crippen LogP contribution in [0.1, 0.15) is 25.8 Å². The monoisotopic (exact) mass is 300 g/mol. The average Bonchev–Trinajstić information content (AvgIpc) is 2.82. The molecule has 0 spiro atoms. The summed E-state index contributed by atoms with van der Waals surface area (Å²) in [5.74, 6) is 1.58. The van der Waals surface area contributed by atoms with Crippen molar-refractivity contribution in [1.29, 1.82) is 0 Å². The topological polar surface area (TPSA) is 64.8 Å². The number of hydrogen-bond acceptors (Lipinski definition) is 4. The van der Waals surface area contributed by atoms with Crippen molar-refractivity contribution in [2.75, 3.05) is 13.3 Å². The first kappa shape index (κ1) is 16.6. The van der Waals surface area contributed by atoms with Gasteiger partial charge in [0, 0.05) is 25.6 Å². The third kappa shape index (κ3) is 4.02. The second-order valence-corrected chi connectivity index (χ2v) is 4.78. The van der Waals surface area contributed by atoms with E-state index in [1.54, 1.807) is 4.90 Å². The zero-order chi connectivity index (χ0) is 13.8. The van der Waals surface area contributed by atoms with Crippen LogP contribution in [0.5, 0.6) is 11.5 Å². The zero-order valence-corrected chi connectivity index (χ0v) is 12.6. The Kier molecular flexibility index (Phi) is 6.10. The minimum Gasteiger partial charge on any atom is -0.454 e. The Bertz CT molecular complexity index is 466. The molecule has 0 saturated heterocycles. The normalized spacial score (nSPS) is 13.6. The molecule has 2 rings (SSSR count). The third-order valence-corrected chi connectivity index (χ3v) is 3.04. The van der Waals surface area contributed by atoms with Gasteiger partial charge in [0.15, 0.2) is 11.5 Å². The molecule has 0 radical (unpaired) electrons. The van der Waals surface area contributed by atoms with Crippen molar-refractivity contribution in [2.45, 2.75) is 32.9 Å². The Morgan fingerprint density at radius 3 is 2.75 bits per heavy atom. The quantitative estimate of drug-likeness (QED) is 0.902. The lowest BCUT2D eigenvalue weighted by Crippen LogP contribution is -2.34. The van der Waals surface area contributed by atoms with Crippen molar-refractivity contribution in [3.8, 4) is 11.5 Å². The Morgan fingerprint density at radius 1 is 1.40 bits per heavy atom. The largest absolute Gasteiger partial charge is 0.454 e. The van der Waals surface area contributed by atoms with Crippen molar-refractivity contribution in [3.63, 3.8) is 0 Å². The van der Waals surface area contributed by atoms with Crippen LogP contribution in [0.15, 0.2) is 18.2 Å². The highest BCUT2D eigenvalue weighted by Crippen LogP contribution is 2.32. The van der Waals surface area contributed by atoms with E-state index in [0.29, 0.717) is 19.5 Å². The molecule has 0 bridgehead atoms. The number of hydrogen-bond donors (Lipinski definition) is 1. The van der Waals surface area contributed by atoms with Crippen LogP contribution in [0.3, 0.4) is 0 Å². The van der Waals surface area contributed by atoms with Gasteiger partial charge in [-0.05, 0) is 31.5 Å². The number of carbonyl (C=O) groups is 1. The van der Waals surface area contributed by atoms with Crippen LogP contribution in [0.2, 0.25) is 0 Å². The van der Waals surface area contributed by atoms with Gasteiger partial charge in [-0.1, -0.05) is 6.07 Å².